The summed E-state index contributed by atoms with van der Waals surface area (Å²) in [4.78, 5) is 8.58. The fourth-order valence-corrected chi connectivity index (χ4v) is 1.58. The van der Waals surface area contributed by atoms with E-state index in [0.717, 1.165) is 30.2 Å². The fourth-order valence-electron chi connectivity index (χ4n) is 1.58. The Morgan fingerprint density at radius 3 is 2.67 bits per heavy atom. The number of hydrogen-bond acceptors (Lipinski definition) is 4. The molecule has 0 aliphatic carbocycles. The van der Waals surface area contributed by atoms with Crippen molar-refractivity contribution in [2.45, 2.75) is 39.7 Å². The van der Waals surface area contributed by atoms with Crippen LogP contribution in [0.25, 0.3) is 0 Å². The molecule has 1 aromatic rings. The van der Waals surface area contributed by atoms with Crippen LogP contribution in [0.15, 0.2) is 6.07 Å². The minimum absolute atomic E-state index is 0.406. The number of nitrogens with one attached hydrogen (secondary N) is 1. The fraction of sp³-hybridized carbons (Fsp3) is 0.636. The number of rotatable bonds is 5. The van der Waals surface area contributed by atoms with Gasteiger partial charge < -0.3 is 11.1 Å². The standard InChI is InChI=1S/C11H20N4/c1-4-10(5-6-12)15-11-7-8(2)13-9(3)14-11/h7,10H,4-6,12H2,1-3H3,(H,13,14,15). The van der Waals surface area contributed by atoms with Crippen molar-refractivity contribution in [1.82, 2.24) is 9.97 Å². The van der Waals surface area contributed by atoms with E-state index in [-0.39, 0.29) is 0 Å². The van der Waals surface area contributed by atoms with Gasteiger partial charge in [0, 0.05) is 17.8 Å². The summed E-state index contributed by atoms with van der Waals surface area (Å²) in [7, 11) is 0. The molecule has 3 N–H and O–H groups in total. The third-order valence-electron chi connectivity index (χ3n) is 2.33. The summed E-state index contributed by atoms with van der Waals surface area (Å²) < 4.78 is 0. The van der Waals surface area contributed by atoms with E-state index in [0.29, 0.717) is 12.6 Å². The lowest BCUT2D eigenvalue weighted by Gasteiger charge is -2.16. The molecule has 15 heavy (non-hydrogen) atoms. The second kappa shape index (κ2) is 5.66. The Bertz CT molecular complexity index is 291. The van der Waals surface area contributed by atoms with Gasteiger partial charge >= 0.3 is 0 Å². The van der Waals surface area contributed by atoms with Gasteiger partial charge in [-0.3, -0.25) is 0 Å². The lowest BCUT2D eigenvalue weighted by molar-refractivity contribution is 0.638. The molecule has 0 radical (unpaired) electrons. The Morgan fingerprint density at radius 1 is 1.40 bits per heavy atom. The van der Waals surface area contributed by atoms with Crippen molar-refractivity contribution in [2.24, 2.45) is 5.73 Å². The average Bonchev–Trinajstić information content (AvgIpc) is 2.15. The zero-order valence-corrected chi connectivity index (χ0v) is 9.75. The van der Waals surface area contributed by atoms with Crippen LogP contribution in [0.5, 0.6) is 0 Å². The van der Waals surface area contributed by atoms with E-state index in [2.05, 4.69) is 22.2 Å². The Hall–Kier alpha value is -1.16. The summed E-state index contributed by atoms with van der Waals surface area (Å²) >= 11 is 0. The molecule has 4 nitrogen and oxygen atoms in total. The first-order valence-electron chi connectivity index (χ1n) is 5.44. The zero-order chi connectivity index (χ0) is 11.3. The van der Waals surface area contributed by atoms with Crippen LogP contribution in [0, 0.1) is 13.8 Å². The van der Waals surface area contributed by atoms with E-state index in [1.807, 2.05) is 19.9 Å². The first kappa shape index (κ1) is 11.9. The molecule has 0 bridgehead atoms. The summed E-state index contributed by atoms with van der Waals surface area (Å²) in [6.07, 6.45) is 2.03. The molecule has 1 aromatic heterocycles. The Kier molecular flexibility index (Phi) is 4.49. The summed E-state index contributed by atoms with van der Waals surface area (Å²) in [5.41, 5.74) is 6.54. The first-order chi connectivity index (χ1) is 7.15. The highest BCUT2D eigenvalue weighted by Crippen LogP contribution is 2.10. The minimum atomic E-state index is 0.406. The summed E-state index contributed by atoms with van der Waals surface area (Å²) in [5.74, 6) is 1.71. The summed E-state index contributed by atoms with van der Waals surface area (Å²) in [6, 6.07) is 2.37. The van der Waals surface area contributed by atoms with Gasteiger partial charge in [0.1, 0.15) is 11.6 Å². The van der Waals surface area contributed by atoms with Gasteiger partial charge in [0.05, 0.1) is 0 Å². The smallest absolute Gasteiger partial charge is 0.130 e. The normalized spacial score (nSPS) is 12.5. The highest BCUT2D eigenvalue weighted by atomic mass is 15.0. The second-order valence-electron chi connectivity index (χ2n) is 3.77. The lowest BCUT2D eigenvalue weighted by atomic mass is 10.1. The van der Waals surface area contributed by atoms with Gasteiger partial charge in [0.2, 0.25) is 0 Å². The average molecular weight is 208 g/mol. The van der Waals surface area contributed by atoms with Crippen molar-refractivity contribution in [2.75, 3.05) is 11.9 Å². The van der Waals surface area contributed by atoms with Crippen LogP contribution in [0.2, 0.25) is 0 Å². The third-order valence-corrected chi connectivity index (χ3v) is 2.33. The van der Waals surface area contributed by atoms with Crippen molar-refractivity contribution >= 4 is 5.82 Å². The number of anilines is 1. The quantitative estimate of drug-likeness (QED) is 0.772. The van der Waals surface area contributed by atoms with Gasteiger partial charge in [-0.1, -0.05) is 6.92 Å². The molecule has 0 spiro atoms. The molecule has 1 atom stereocenters. The lowest BCUT2D eigenvalue weighted by Crippen LogP contribution is -2.23. The van der Waals surface area contributed by atoms with Crippen molar-refractivity contribution < 1.29 is 0 Å². The number of nitrogens with zero attached hydrogens (tertiary/aromatic N) is 2. The van der Waals surface area contributed by atoms with Crippen LogP contribution in [-0.4, -0.2) is 22.6 Å². The van der Waals surface area contributed by atoms with Gasteiger partial charge in [-0.15, -0.1) is 0 Å². The molecule has 1 rings (SSSR count). The SMILES string of the molecule is CCC(CCN)Nc1cc(C)nc(C)n1. The molecule has 0 amide bonds. The van der Waals surface area contributed by atoms with Crippen LogP contribution < -0.4 is 11.1 Å². The molecule has 0 aliphatic rings. The Balaban J connectivity index is 2.69. The van der Waals surface area contributed by atoms with Crippen molar-refractivity contribution in [3.05, 3.63) is 17.6 Å². The Morgan fingerprint density at radius 2 is 2.13 bits per heavy atom. The highest BCUT2D eigenvalue weighted by molar-refractivity contribution is 5.36. The highest BCUT2D eigenvalue weighted by Gasteiger charge is 2.06. The van der Waals surface area contributed by atoms with Gasteiger partial charge in [-0.2, -0.15) is 0 Å². The maximum absolute atomic E-state index is 5.55. The third kappa shape index (κ3) is 3.83. The van der Waals surface area contributed by atoms with Gasteiger partial charge in [-0.05, 0) is 33.2 Å². The molecule has 0 aromatic carbocycles. The van der Waals surface area contributed by atoms with E-state index >= 15 is 0 Å². The van der Waals surface area contributed by atoms with Crippen LogP contribution in [0.1, 0.15) is 31.3 Å². The van der Waals surface area contributed by atoms with Crippen molar-refractivity contribution in [1.29, 1.82) is 0 Å². The summed E-state index contributed by atoms with van der Waals surface area (Å²) in [6.45, 7) is 6.73. The van der Waals surface area contributed by atoms with Crippen LogP contribution in [0.4, 0.5) is 5.82 Å². The predicted molar refractivity (Wildman–Crippen MR) is 62.9 cm³/mol. The van der Waals surface area contributed by atoms with E-state index in [9.17, 15) is 0 Å². The van der Waals surface area contributed by atoms with E-state index in [1.54, 1.807) is 0 Å². The molecule has 84 valence electrons. The second-order valence-corrected chi connectivity index (χ2v) is 3.77. The van der Waals surface area contributed by atoms with Gasteiger partial charge in [-0.25, -0.2) is 9.97 Å². The molecule has 4 heteroatoms. The van der Waals surface area contributed by atoms with Crippen LogP contribution in [-0.2, 0) is 0 Å². The molecular weight excluding hydrogens is 188 g/mol. The van der Waals surface area contributed by atoms with Crippen molar-refractivity contribution in [3.63, 3.8) is 0 Å². The maximum atomic E-state index is 5.55. The molecule has 0 fully saturated rings. The van der Waals surface area contributed by atoms with E-state index in [4.69, 9.17) is 5.73 Å². The largest absolute Gasteiger partial charge is 0.367 e. The van der Waals surface area contributed by atoms with E-state index < -0.39 is 0 Å². The summed E-state index contributed by atoms with van der Waals surface area (Å²) in [5, 5.41) is 3.38. The van der Waals surface area contributed by atoms with E-state index in [1.165, 1.54) is 0 Å². The van der Waals surface area contributed by atoms with Gasteiger partial charge in [0.25, 0.3) is 0 Å². The molecule has 0 saturated heterocycles. The molecule has 0 saturated carbocycles. The maximum Gasteiger partial charge on any atom is 0.130 e. The predicted octanol–water partition coefficient (Wildman–Crippen LogP) is 1.63. The number of aromatic nitrogens is 2. The minimum Gasteiger partial charge on any atom is -0.367 e. The van der Waals surface area contributed by atoms with Crippen molar-refractivity contribution in [3.8, 4) is 0 Å². The number of nitrogens with two attached hydrogens (primary N) is 1. The van der Waals surface area contributed by atoms with Crippen LogP contribution >= 0.6 is 0 Å². The molecule has 1 unspecified atom stereocenters. The molecule has 0 aliphatic heterocycles. The first-order valence-corrected chi connectivity index (χ1v) is 5.44. The zero-order valence-electron chi connectivity index (χ0n) is 9.75. The Labute approximate surface area is 91.3 Å². The molecular formula is C11H20N4. The van der Waals surface area contributed by atoms with Gasteiger partial charge in [0.15, 0.2) is 0 Å². The molecule has 1 heterocycles. The van der Waals surface area contributed by atoms with Crippen LogP contribution in [0.3, 0.4) is 0 Å². The number of aryl methyl sites for hydroxylation is 2. The monoisotopic (exact) mass is 208 g/mol. The topological polar surface area (TPSA) is 63.8 Å². The number of hydrogen-bond donors (Lipinski definition) is 2.